The first-order valence-corrected chi connectivity index (χ1v) is 8.02. The highest BCUT2D eigenvalue weighted by atomic mass is 127. The standard InChI is InChI=1S/C10H9I3N2O3/c11-4-3-5(12)9(15-6(16)1-2-14)8(13)7(4)10(17)18/h3H,1-2,14H2,(H,15,16)(H,17,18). The molecule has 1 aromatic carbocycles. The second kappa shape index (κ2) is 7.19. The van der Waals surface area contributed by atoms with Gasteiger partial charge in [0.05, 0.1) is 14.8 Å². The van der Waals surface area contributed by atoms with Gasteiger partial charge in [-0.2, -0.15) is 0 Å². The van der Waals surface area contributed by atoms with E-state index >= 15 is 0 Å². The van der Waals surface area contributed by atoms with Crippen LogP contribution in [0.2, 0.25) is 0 Å². The van der Waals surface area contributed by atoms with E-state index in [1.807, 2.05) is 45.2 Å². The van der Waals surface area contributed by atoms with Crippen molar-refractivity contribution >= 4 is 85.3 Å². The largest absolute Gasteiger partial charge is 0.478 e. The van der Waals surface area contributed by atoms with Crippen molar-refractivity contribution in [1.82, 2.24) is 0 Å². The van der Waals surface area contributed by atoms with Gasteiger partial charge in [-0.05, 0) is 73.8 Å². The van der Waals surface area contributed by atoms with Crippen LogP contribution < -0.4 is 11.1 Å². The van der Waals surface area contributed by atoms with Crippen LogP contribution in [0.5, 0.6) is 0 Å². The number of hydrogen-bond donors (Lipinski definition) is 3. The summed E-state index contributed by atoms with van der Waals surface area (Å²) in [5.41, 5.74) is 6.04. The van der Waals surface area contributed by atoms with Crippen LogP contribution in [-0.4, -0.2) is 23.5 Å². The molecule has 0 bridgehead atoms. The highest BCUT2D eigenvalue weighted by Crippen LogP contribution is 2.31. The highest BCUT2D eigenvalue weighted by Gasteiger charge is 2.20. The highest BCUT2D eigenvalue weighted by molar-refractivity contribution is 14.1. The average molecular weight is 586 g/mol. The van der Waals surface area contributed by atoms with E-state index in [1.54, 1.807) is 6.07 Å². The van der Waals surface area contributed by atoms with E-state index < -0.39 is 5.97 Å². The maximum atomic E-state index is 11.5. The summed E-state index contributed by atoms with van der Waals surface area (Å²) in [6, 6.07) is 1.73. The van der Waals surface area contributed by atoms with Crippen molar-refractivity contribution in [2.75, 3.05) is 11.9 Å². The van der Waals surface area contributed by atoms with Crippen molar-refractivity contribution < 1.29 is 14.7 Å². The minimum Gasteiger partial charge on any atom is -0.478 e. The van der Waals surface area contributed by atoms with Crippen LogP contribution in [0, 0.1) is 10.7 Å². The monoisotopic (exact) mass is 586 g/mol. The van der Waals surface area contributed by atoms with Crippen molar-refractivity contribution in [3.8, 4) is 0 Å². The van der Waals surface area contributed by atoms with Gasteiger partial charge in [0.25, 0.3) is 0 Å². The number of halogens is 3. The lowest BCUT2D eigenvalue weighted by molar-refractivity contribution is -0.116. The Kier molecular flexibility index (Phi) is 6.54. The Hall–Kier alpha value is 0.310. The maximum absolute atomic E-state index is 11.5. The maximum Gasteiger partial charge on any atom is 0.337 e. The Morgan fingerprint density at radius 3 is 2.39 bits per heavy atom. The lowest BCUT2D eigenvalue weighted by Crippen LogP contribution is -2.19. The molecule has 0 aliphatic heterocycles. The number of anilines is 1. The molecule has 0 aliphatic rings. The fraction of sp³-hybridized carbons (Fsp3) is 0.200. The molecule has 1 amide bonds. The third-order valence-electron chi connectivity index (χ3n) is 2.02. The Balaban J connectivity index is 3.23. The molecular formula is C10H9I3N2O3. The van der Waals surface area contributed by atoms with Gasteiger partial charge in [-0.15, -0.1) is 0 Å². The normalized spacial score (nSPS) is 10.2. The molecule has 0 atom stereocenters. The summed E-state index contributed by atoms with van der Waals surface area (Å²) in [5, 5.41) is 11.9. The quantitative estimate of drug-likeness (QED) is 0.474. The van der Waals surface area contributed by atoms with Crippen molar-refractivity contribution in [1.29, 1.82) is 0 Å². The van der Waals surface area contributed by atoms with E-state index in [-0.39, 0.29) is 24.4 Å². The Morgan fingerprint density at radius 2 is 1.89 bits per heavy atom. The van der Waals surface area contributed by atoms with Gasteiger partial charge >= 0.3 is 5.97 Å². The molecule has 1 aromatic rings. The van der Waals surface area contributed by atoms with Gasteiger partial charge in [0, 0.05) is 20.1 Å². The van der Waals surface area contributed by atoms with Crippen molar-refractivity contribution in [2.45, 2.75) is 6.42 Å². The number of benzene rings is 1. The zero-order valence-corrected chi connectivity index (χ0v) is 15.4. The second-order valence-corrected chi connectivity index (χ2v) is 6.70. The van der Waals surface area contributed by atoms with Crippen LogP contribution in [0.4, 0.5) is 5.69 Å². The molecule has 0 radical (unpaired) electrons. The number of rotatable bonds is 4. The molecule has 5 nitrogen and oxygen atoms in total. The number of carbonyl (C=O) groups excluding carboxylic acids is 1. The molecule has 8 heteroatoms. The van der Waals surface area contributed by atoms with E-state index in [1.165, 1.54) is 0 Å². The molecule has 0 saturated heterocycles. The molecule has 98 valence electrons. The third kappa shape index (κ3) is 3.90. The summed E-state index contributed by atoms with van der Waals surface area (Å²) in [7, 11) is 0. The van der Waals surface area contributed by atoms with Gasteiger partial charge in [0.15, 0.2) is 0 Å². The first kappa shape index (κ1) is 16.4. The number of carboxylic acids is 1. The molecule has 0 saturated carbocycles. The molecule has 0 heterocycles. The van der Waals surface area contributed by atoms with Gasteiger partial charge in [-0.1, -0.05) is 0 Å². The summed E-state index contributed by atoms with van der Waals surface area (Å²) in [4.78, 5) is 22.7. The molecule has 18 heavy (non-hydrogen) atoms. The topological polar surface area (TPSA) is 92.4 Å². The lowest BCUT2D eigenvalue weighted by Gasteiger charge is -2.13. The predicted octanol–water partition coefficient (Wildman–Crippen LogP) is 2.49. The zero-order valence-electron chi connectivity index (χ0n) is 8.97. The van der Waals surface area contributed by atoms with Crippen LogP contribution in [0.1, 0.15) is 16.8 Å². The zero-order chi connectivity index (χ0) is 13.9. The molecular weight excluding hydrogens is 577 g/mol. The van der Waals surface area contributed by atoms with E-state index in [0.29, 0.717) is 12.8 Å². The number of hydrogen-bond acceptors (Lipinski definition) is 3. The van der Waals surface area contributed by atoms with Crippen LogP contribution >= 0.6 is 67.8 Å². The van der Waals surface area contributed by atoms with Crippen molar-refractivity contribution in [2.24, 2.45) is 5.73 Å². The Labute approximate surface area is 145 Å². The van der Waals surface area contributed by atoms with Crippen LogP contribution in [-0.2, 0) is 4.79 Å². The van der Waals surface area contributed by atoms with E-state index in [0.717, 1.165) is 3.57 Å². The molecule has 1 rings (SSSR count). The fourth-order valence-electron chi connectivity index (χ4n) is 1.23. The lowest BCUT2D eigenvalue weighted by atomic mass is 10.2. The first-order valence-electron chi connectivity index (χ1n) is 4.79. The molecule has 0 aromatic heterocycles. The molecule has 0 unspecified atom stereocenters. The minimum atomic E-state index is -1.01. The van der Waals surface area contributed by atoms with Crippen LogP contribution in [0.25, 0.3) is 0 Å². The van der Waals surface area contributed by atoms with E-state index in [4.69, 9.17) is 10.8 Å². The number of amides is 1. The summed E-state index contributed by atoms with van der Waals surface area (Å²) in [6.45, 7) is 0.259. The predicted molar refractivity (Wildman–Crippen MR) is 93.9 cm³/mol. The van der Waals surface area contributed by atoms with Gasteiger partial charge < -0.3 is 16.2 Å². The Morgan fingerprint density at radius 1 is 1.28 bits per heavy atom. The average Bonchev–Trinajstić information content (AvgIpc) is 2.23. The van der Waals surface area contributed by atoms with Gasteiger partial charge in [0.1, 0.15) is 0 Å². The van der Waals surface area contributed by atoms with Crippen molar-refractivity contribution in [3.63, 3.8) is 0 Å². The van der Waals surface area contributed by atoms with E-state index in [9.17, 15) is 9.59 Å². The summed E-state index contributed by atoms with van der Waals surface area (Å²) in [6.07, 6.45) is 0.209. The minimum absolute atomic E-state index is 0.208. The Bertz CT molecular complexity index is 506. The van der Waals surface area contributed by atoms with Gasteiger partial charge in [-0.3, -0.25) is 4.79 Å². The number of nitrogens with one attached hydrogen (secondary N) is 1. The molecule has 0 spiro atoms. The van der Waals surface area contributed by atoms with Crippen LogP contribution in [0.15, 0.2) is 6.07 Å². The van der Waals surface area contributed by atoms with Crippen LogP contribution in [0.3, 0.4) is 0 Å². The third-order valence-corrected chi connectivity index (χ3v) is 4.80. The number of carboxylic acid groups (broad SMARTS) is 1. The van der Waals surface area contributed by atoms with Crippen molar-refractivity contribution in [3.05, 3.63) is 22.3 Å². The molecule has 0 fully saturated rings. The van der Waals surface area contributed by atoms with E-state index in [2.05, 4.69) is 27.9 Å². The first-order chi connectivity index (χ1) is 8.38. The summed E-state index contributed by atoms with van der Waals surface area (Å²) >= 11 is 5.97. The van der Waals surface area contributed by atoms with Gasteiger partial charge in [0.2, 0.25) is 5.91 Å². The molecule has 4 N–H and O–H groups in total. The SMILES string of the molecule is NCCC(=O)Nc1c(I)cc(I)c(C(=O)O)c1I. The second-order valence-electron chi connectivity index (χ2n) is 3.30. The fourth-order valence-corrected chi connectivity index (χ4v) is 5.34. The smallest absolute Gasteiger partial charge is 0.337 e. The summed E-state index contributed by atoms with van der Waals surface area (Å²) < 4.78 is 1.98. The number of carbonyl (C=O) groups is 2. The summed E-state index contributed by atoms with van der Waals surface area (Å²) in [5.74, 6) is -1.22. The number of nitrogens with two attached hydrogens (primary N) is 1. The molecule has 0 aliphatic carbocycles. The van der Waals surface area contributed by atoms with Gasteiger partial charge in [-0.25, -0.2) is 4.79 Å². The number of aromatic carboxylic acids is 1.